The Hall–Kier alpha value is -1.61. The summed E-state index contributed by atoms with van der Waals surface area (Å²) in [5, 5.41) is 0. The monoisotopic (exact) mass is 294 g/mol. The maximum absolute atomic E-state index is 10.6. The lowest BCUT2D eigenvalue weighted by molar-refractivity contribution is 0.282. The first-order valence-corrected chi connectivity index (χ1v) is 7.77. The van der Waals surface area contributed by atoms with Crippen molar-refractivity contribution in [2.24, 2.45) is 0 Å². The fourth-order valence-electron chi connectivity index (χ4n) is 1.55. The fraction of sp³-hybridized carbons (Fsp3) is 0.200. The van der Waals surface area contributed by atoms with Crippen molar-refractivity contribution in [3.63, 3.8) is 0 Å². The van der Waals surface area contributed by atoms with E-state index in [-0.39, 0.29) is 11.7 Å². The molecule has 0 aliphatic rings. The highest BCUT2D eigenvalue weighted by atomic mass is 31.2. The number of para-hydroxylation sites is 1. The summed E-state index contributed by atoms with van der Waals surface area (Å²) in [6, 6.07) is 18.8. The summed E-state index contributed by atoms with van der Waals surface area (Å²) in [7, 11) is -4.45. The number of hydrogen-bond donors (Lipinski definition) is 2. The first-order chi connectivity index (χ1) is 9.40. The summed E-state index contributed by atoms with van der Waals surface area (Å²) in [6.07, 6.45) is 0. The molecule has 0 aliphatic heterocycles. The Morgan fingerprint density at radius 1 is 0.900 bits per heavy atom. The second kappa shape index (κ2) is 7.85. The summed E-state index contributed by atoms with van der Waals surface area (Å²) < 4.78 is 15.2. The molecule has 20 heavy (non-hydrogen) atoms. The van der Waals surface area contributed by atoms with Crippen LogP contribution in [0.4, 0.5) is 0 Å². The molecule has 2 aromatic carbocycles. The fourth-order valence-corrected chi connectivity index (χ4v) is 1.98. The van der Waals surface area contributed by atoms with Gasteiger partial charge in [0.15, 0.2) is 0 Å². The lowest BCUT2D eigenvalue weighted by Gasteiger charge is -2.13. The van der Waals surface area contributed by atoms with E-state index in [1.54, 1.807) is 18.2 Å². The van der Waals surface area contributed by atoms with Crippen molar-refractivity contribution in [2.45, 2.75) is 19.8 Å². The molecule has 0 aliphatic carbocycles. The predicted molar refractivity (Wildman–Crippen MR) is 79.6 cm³/mol. The predicted octanol–water partition coefficient (Wildman–Crippen LogP) is 3.97. The van der Waals surface area contributed by atoms with E-state index in [2.05, 4.69) is 4.52 Å². The van der Waals surface area contributed by atoms with Gasteiger partial charge in [-0.05, 0) is 17.5 Å². The molecule has 0 amide bonds. The maximum atomic E-state index is 10.6. The number of benzene rings is 2. The third kappa shape index (κ3) is 6.53. The Balaban J connectivity index is 0.000000276. The molecule has 2 N–H and O–H groups in total. The summed E-state index contributed by atoms with van der Waals surface area (Å²) in [4.78, 5) is 17.3. The molecule has 0 spiro atoms. The van der Waals surface area contributed by atoms with Crippen molar-refractivity contribution < 1.29 is 18.9 Å². The summed E-state index contributed by atoms with van der Waals surface area (Å²) in [5.74, 6) is 0.411. The van der Waals surface area contributed by atoms with Gasteiger partial charge in [-0.15, -0.1) is 0 Å². The van der Waals surface area contributed by atoms with Crippen LogP contribution in [0, 0.1) is 0 Å². The largest absolute Gasteiger partial charge is 0.524 e. The molecule has 0 radical (unpaired) electrons. The van der Waals surface area contributed by atoms with Gasteiger partial charge in [-0.1, -0.05) is 68.4 Å². The van der Waals surface area contributed by atoms with Gasteiger partial charge in [0.1, 0.15) is 5.75 Å². The van der Waals surface area contributed by atoms with E-state index in [1.165, 1.54) is 0 Å². The van der Waals surface area contributed by atoms with Crippen LogP contribution in [-0.2, 0) is 4.57 Å². The van der Waals surface area contributed by atoms with E-state index in [0.29, 0.717) is 0 Å². The van der Waals surface area contributed by atoms with Gasteiger partial charge in [-0.3, -0.25) is 9.79 Å². The zero-order chi connectivity index (χ0) is 15.0. The van der Waals surface area contributed by atoms with Crippen LogP contribution in [0.25, 0.3) is 0 Å². The van der Waals surface area contributed by atoms with E-state index < -0.39 is 7.82 Å². The zero-order valence-electron chi connectivity index (χ0n) is 11.5. The molecule has 4 nitrogen and oxygen atoms in total. The molecule has 0 atom stereocenters. The van der Waals surface area contributed by atoms with Crippen LogP contribution in [-0.4, -0.2) is 9.79 Å². The molecule has 108 valence electrons. The second-order valence-corrected chi connectivity index (χ2v) is 5.59. The highest BCUT2D eigenvalue weighted by Crippen LogP contribution is 2.40. The molecular formula is C15H19O4P. The highest BCUT2D eigenvalue weighted by Gasteiger charge is 2.18. The first kappa shape index (κ1) is 16.4. The standard InChI is InChI=1S/C9H13O4P.C6H6/c1-7(2)8-5-3-4-6-9(8)13-14(10,11)12;1-2-4-6-5-3-1/h3-7H,1-2H3,(H2,10,11,12);1-6H. The molecule has 0 saturated carbocycles. The van der Waals surface area contributed by atoms with Gasteiger partial charge >= 0.3 is 7.82 Å². The van der Waals surface area contributed by atoms with Gasteiger partial charge in [0.05, 0.1) is 0 Å². The van der Waals surface area contributed by atoms with Crippen LogP contribution in [0.2, 0.25) is 0 Å². The number of phosphoric ester groups is 1. The molecule has 0 aromatic heterocycles. The Morgan fingerprint density at radius 2 is 1.35 bits per heavy atom. The van der Waals surface area contributed by atoms with E-state index in [1.807, 2.05) is 56.3 Å². The highest BCUT2D eigenvalue weighted by molar-refractivity contribution is 7.46. The minimum atomic E-state index is -4.45. The third-order valence-electron chi connectivity index (χ3n) is 2.42. The van der Waals surface area contributed by atoms with Gasteiger partial charge in [0.25, 0.3) is 0 Å². The Morgan fingerprint density at radius 3 is 1.75 bits per heavy atom. The van der Waals surface area contributed by atoms with E-state index >= 15 is 0 Å². The van der Waals surface area contributed by atoms with Gasteiger partial charge in [0, 0.05) is 0 Å². The normalized spacial score (nSPS) is 10.7. The number of rotatable bonds is 3. The van der Waals surface area contributed by atoms with Crippen LogP contribution in [0.3, 0.4) is 0 Å². The van der Waals surface area contributed by atoms with Crippen LogP contribution >= 0.6 is 7.82 Å². The van der Waals surface area contributed by atoms with Crippen molar-refractivity contribution in [1.29, 1.82) is 0 Å². The maximum Gasteiger partial charge on any atom is 0.524 e. The van der Waals surface area contributed by atoms with E-state index in [4.69, 9.17) is 9.79 Å². The van der Waals surface area contributed by atoms with Crippen molar-refractivity contribution >= 4 is 7.82 Å². The van der Waals surface area contributed by atoms with Crippen molar-refractivity contribution in [1.82, 2.24) is 0 Å². The molecule has 0 fully saturated rings. The lowest BCUT2D eigenvalue weighted by Crippen LogP contribution is -1.96. The minimum Gasteiger partial charge on any atom is -0.404 e. The molecule has 0 unspecified atom stereocenters. The van der Waals surface area contributed by atoms with Crippen molar-refractivity contribution in [3.8, 4) is 5.75 Å². The molecule has 0 bridgehead atoms. The summed E-state index contributed by atoms with van der Waals surface area (Å²) in [6.45, 7) is 3.86. The smallest absolute Gasteiger partial charge is 0.404 e. The molecule has 0 heterocycles. The Labute approximate surface area is 119 Å². The third-order valence-corrected chi connectivity index (χ3v) is 2.86. The van der Waals surface area contributed by atoms with Crippen molar-refractivity contribution in [2.75, 3.05) is 0 Å². The van der Waals surface area contributed by atoms with Crippen LogP contribution in [0.5, 0.6) is 5.75 Å². The van der Waals surface area contributed by atoms with Crippen LogP contribution in [0.15, 0.2) is 60.7 Å². The number of hydrogen-bond acceptors (Lipinski definition) is 2. The van der Waals surface area contributed by atoms with Crippen molar-refractivity contribution in [3.05, 3.63) is 66.2 Å². The zero-order valence-corrected chi connectivity index (χ0v) is 12.4. The quantitative estimate of drug-likeness (QED) is 0.841. The van der Waals surface area contributed by atoms with Gasteiger partial charge in [-0.25, -0.2) is 4.57 Å². The number of phosphoric acid groups is 1. The topological polar surface area (TPSA) is 66.8 Å². The molecule has 5 heteroatoms. The Bertz CT molecular complexity index is 522. The van der Waals surface area contributed by atoms with Gasteiger partial charge < -0.3 is 4.52 Å². The van der Waals surface area contributed by atoms with Crippen LogP contribution in [0.1, 0.15) is 25.3 Å². The minimum absolute atomic E-state index is 0.165. The summed E-state index contributed by atoms with van der Waals surface area (Å²) in [5.41, 5.74) is 0.788. The molecule has 2 rings (SSSR count). The summed E-state index contributed by atoms with van der Waals surface area (Å²) >= 11 is 0. The van der Waals surface area contributed by atoms with Crippen LogP contribution < -0.4 is 4.52 Å². The Kier molecular flexibility index (Phi) is 6.46. The molecule has 0 saturated heterocycles. The first-order valence-electron chi connectivity index (χ1n) is 6.24. The van der Waals surface area contributed by atoms with E-state index in [9.17, 15) is 4.57 Å². The second-order valence-electron chi connectivity index (χ2n) is 4.43. The average molecular weight is 294 g/mol. The molecular weight excluding hydrogens is 275 g/mol. The van der Waals surface area contributed by atoms with Gasteiger partial charge in [0.2, 0.25) is 0 Å². The SMILES string of the molecule is CC(C)c1ccccc1OP(=O)(O)O.c1ccccc1. The molecule has 2 aromatic rings. The lowest BCUT2D eigenvalue weighted by atomic mass is 10.0. The van der Waals surface area contributed by atoms with Gasteiger partial charge in [-0.2, -0.15) is 0 Å². The average Bonchev–Trinajstić information content (AvgIpc) is 2.40. The van der Waals surface area contributed by atoms with E-state index in [0.717, 1.165) is 5.56 Å².